The third-order valence-electron chi connectivity index (χ3n) is 4.00. The molecule has 7 heteroatoms. The number of carbonyl (C=O) groups excluding carboxylic acids is 2. The largest absolute Gasteiger partial charge is 0.493 e. The Labute approximate surface area is 169 Å². The number of benzene rings is 2. The number of hydrogen-bond acceptors (Lipinski definition) is 5. The first-order valence-electron chi connectivity index (χ1n) is 8.47. The molecule has 6 nitrogen and oxygen atoms in total. The maximum atomic E-state index is 11.9. The van der Waals surface area contributed by atoms with Crippen LogP contribution in [0.15, 0.2) is 36.4 Å². The molecule has 0 aromatic heterocycles. The first-order chi connectivity index (χ1) is 13.3. The topological polar surface area (TPSA) is 73.9 Å². The molecule has 2 rings (SSSR count). The number of hydrogen-bond donors (Lipinski definition) is 1. The van der Waals surface area contributed by atoms with Gasteiger partial charge in [-0.3, -0.25) is 4.79 Å². The van der Waals surface area contributed by atoms with E-state index < -0.39 is 11.9 Å². The smallest absolute Gasteiger partial charge is 0.331 e. The summed E-state index contributed by atoms with van der Waals surface area (Å²) >= 11 is 6.12. The summed E-state index contributed by atoms with van der Waals surface area (Å²) in [6, 6.07) is 8.85. The molecule has 2 aromatic carbocycles. The van der Waals surface area contributed by atoms with E-state index in [1.807, 2.05) is 26.0 Å². The summed E-state index contributed by atoms with van der Waals surface area (Å²) in [4.78, 5) is 23.8. The molecule has 0 saturated heterocycles. The van der Waals surface area contributed by atoms with Crippen LogP contribution in [-0.2, 0) is 14.3 Å². The zero-order valence-corrected chi connectivity index (χ0v) is 16.9. The van der Waals surface area contributed by atoms with E-state index in [0.29, 0.717) is 27.8 Å². The van der Waals surface area contributed by atoms with E-state index in [2.05, 4.69) is 5.32 Å². The molecule has 0 fully saturated rings. The van der Waals surface area contributed by atoms with E-state index >= 15 is 0 Å². The number of aryl methyl sites for hydroxylation is 2. The lowest BCUT2D eigenvalue weighted by molar-refractivity contribution is -0.142. The fourth-order valence-corrected chi connectivity index (χ4v) is 2.70. The van der Waals surface area contributed by atoms with Crippen molar-refractivity contribution in [2.45, 2.75) is 13.8 Å². The van der Waals surface area contributed by atoms with Gasteiger partial charge in [-0.2, -0.15) is 0 Å². The second kappa shape index (κ2) is 9.80. The van der Waals surface area contributed by atoms with Crippen LogP contribution in [0.5, 0.6) is 11.5 Å². The van der Waals surface area contributed by atoms with Gasteiger partial charge >= 0.3 is 5.97 Å². The molecule has 0 bridgehead atoms. The van der Waals surface area contributed by atoms with Crippen LogP contribution < -0.4 is 14.8 Å². The van der Waals surface area contributed by atoms with E-state index in [1.54, 1.807) is 18.2 Å². The molecule has 0 aliphatic rings. The average molecular weight is 404 g/mol. The van der Waals surface area contributed by atoms with Crippen molar-refractivity contribution >= 4 is 35.2 Å². The molecule has 0 atom stereocenters. The fourth-order valence-electron chi connectivity index (χ4n) is 2.40. The van der Waals surface area contributed by atoms with Crippen molar-refractivity contribution in [1.29, 1.82) is 0 Å². The first-order valence-corrected chi connectivity index (χ1v) is 8.85. The molecule has 0 saturated carbocycles. The Hall–Kier alpha value is -2.99. The van der Waals surface area contributed by atoms with Crippen molar-refractivity contribution < 1.29 is 23.8 Å². The Morgan fingerprint density at radius 1 is 1.07 bits per heavy atom. The predicted octanol–water partition coefficient (Wildman–Crippen LogP) is 4.17. The van der Waals surface area contributed by atoms with Crippen molar-refractivity contribution in [2.75, 3.05) is 26.1 Å². The summed E-state index contributed by atoms with van der Waals surface area (Å²) in [6.45, 7) is 3.56. The lowest BCUT2D eigenvalue weighted by Crippen LogP contribution is -2.20. The van der Waals surface area contributed by atoms with Gasteiger partial charge in [-0.1, -0.05) is 17.7 Å². The van der Waals surface area contributed by atoms with Gasteiger partial charge in [0.1, 0.15) is 0 Å². The number of nitrogens with one attached hydrogen (secondary N) is 1. The monoisotopic (exact) mass is 403 g/mol. The van der Waals surface area contributed by atoms with E-state index in [9.17, 15) is 9.59 Å². The minimum atomic E-state index is -0.652. The van der Waals surface area contributed by atoms with Crippen LogP contribution in [0.2, 0.25) is 5.02 Å². The number of anilines is 1. The maximum Gasteiger partial charge on any atom is 0.331 e. The molecule has 1 amide bonds. The molecule has 0 aliphatic carbocycles. The minimum absolute atomic E-state index is 0.350. The van der Waals surface area contributed by atoms with Crippen LogP contribution in [0.4, 0.5) is 5.69 Å². The van der Waals surface area contributed by atoms with Gasteiger partial charge in [-0.05, 0) is 60.9 Å². The van der Waals surface area contributed by atoms with Gasteiger partial charge in [0.2, 0.25) is 0 Å². The summed E-state index contributed by atoms with van der Waals surface area (Å²) in [6.07, 6.45) is 2.72. The number of amides is 1. The Morgan fingerprint density at radius 3 is 2.46 bits per heavy atom. The molecule has 1 N–H and O–H groups in total. The van der Waals surface area contributed by atoms with E-state index in [1.165, 1.54) is 26.4 Å². The molecule has 2 aromatic rings. The van der Waals surface area contributed by atoms with Crippen LogP contribution in [0, 0.1) is 13.8 Å². The second-order valence-corrected chi connectivity index (χ2v) is 6.43. The normalized spacial score (nSPS) is 10.6. The molecule has 28 heavy (non-hydrogen) atoms. The summed E-state index contributed by atoms with van der Waals surface area (Å²) in [7, 11) is 2.98. The van der Waals surface area contributed by atoms with Crippen LogP contribution in [-0.4, -0.2) is 32.7 Å². The van der Waals surface area contributed by atoms with Gasteiger partial charge in [0.05, 0.1) is 19.2 Å². The zero-order valence-electron chi connectivity index (χ0n) is 16.2. The van der Waals surface area contributed by atoms with Crippen LogP contribution >= 0.6 is 11.6 Å². The molecular formula is C21H22ClNO5. The molecule has 0 heterocycles. The highest BCUT2D eigenvalue weighted by molar-refractivity contribution is 6.32. The first kappa shape index (κ1) is 21.3. The average Bonchev–Trinajstić information content (AvgIpc) is 2.67. The number of halogens is 1. The van der Waals surface area contributed by atoms with E-state index in [-0.39, 0.29) is 6.61 Å². The van der Waals surface area contributed by atoms with Crippen molar-refractivity contribution in [1.82, 2.24) is 0 Å². The van der Waals surface area contributed by atoms with Crippen molar-refractivity contribution in [3.63, 3.8) is 0 Å². The Balaban J connectivity index is 1.92. The number of ether oxygens (including phenoxy) is 3. The van der Waals surface area contributed by atoms with Gasteiger partial charge < -0.3 is 19.5 Å². The zero-order chi connectivity index (χ0) is 20.7. The predicted molar refractivity (Wildman–Crippen MR) is 109 cm³/mol. The Bertz CT molecular complexity index is 908. The maximum absolute atomic E-state index is 11.9. The lowest BCUT2D eigenvalue weighted by Gasteiger charge is -2.10. The fraction of sp³-hybridized carbons (Fsp3) is 0.238. The molecule has 0 radical (unpaired) electrons. The Morgan fingerprint density at radius 2 is 1.82 bits per heavy atom. The molecule has 148 valence electrons. The SMILES string of the molecule is COc1cc(/C=C/C(=O)OCC(=O)Nc2ccc(C)c(C)c2)cc(Cl)c1OC. The molecule has 0 spiro atoms. The third kappa shape index (κ3) is 5.76. The molecule has 0 aliphatic heterocycles. The Kier molecular flexibility index (Phi) is 7.46. The van der Waals surface area contributed by atoms with Crippen molar-refractivity contribution in [3.8, 4) is 11.5 Å². The van der Waals surface area contributed by atoms with Crippen LogP contribution in [0.1, 0.15) is 16.7 Å². The summed E-state index contributed by atoms with van der Waals surface area (Å²) in [5, 5.41) is 3.04. The quantitative estimate of drug-likeness (QED) is 0.554. The van der Waals surface area contributed by atoms with Crippen LogP contribution in [0.25, 0.3) is 6.08 Å². The van der Waals surface area contributed by atoms with Gasteiger partial charge in [0, 0.05) is 11.8 Å². The van der Waals surface area contributed by atoms with Crippen LogP contribution in [0.3, 0.4) is 0 Å². The number of esters is 1. The van der Waals surface area contributed by atoms with Gasteiger partial charge in [-0.15, -0.1) is 0 Å². The van der Waals surface area contributed by atoms with Gasteiger partial charge in [0.25, 0.3) is 5.91 Å². The highest BCUT2D eigenvalue weighted by Crippen LogP contribution is 2.36. The lowest BCUT2D eigenvalue weighted by atomic mass is 10.1. The second-order valence-electron chi connectivity index (χ2n) is 6.03. The highest BCUT2D eigenvalue weighted by atomic mass is 35.5. The van der Waals surface area contributed by atoms with Gasteiger partial charge in [0.15, 0.2) is 18.1 Å². The van der Waals surface area contributed by atoms with Crippen molar-refractivity contribution in [2.24, 2.45) is 0 Å². The summed E-state index contributed by atoms with van der Waals surface area (Å²) in [5.41, 5.74) is 3.47. The minimum Gasteiger partial charge on any atom is -0.493 e. The number of rotatable bonds is 7. The number of carbonyl (C=O) groups is 2. The summed E-state index contributed by atoms with van der Waals surface area (Å²) in [5.74, 6) is -0.219. The van der Waals surface area contributed by atoms with Gasteiger partial charge in [-0.25, -0.2) is 4.79 Å². The number of methoxy groups -OCH3 is 2. The standard InChI is InChI=1S/C21H22ClNO5/c1-13-5-7-16(9-14(13)2)23-19(24)12-28-20(25)8-6-15-10-17(22)21(27-4)18(11-15)26-3/h5-11H,12H2,1-4H3,(H,23,24)/b8-6+. The van der Waals surface area contributed by atoms with E-state index in [0.717, 1.165) is 11.1 Å². The highest BCUT2D eigenvalue weighted by Gasteiger charge is 2.10. The molecule has 0 unspecified atom stereocenters. The van der Waals surface area contributed by atoms with Crippen molar-refractivity contribution in [3.05, 3.63) is 58.1 Å². The van der Waals surface area contributed by atoms with E-state index in [4.69, 9.17) is 25.8 Å². The summed E-state index contributed by atoms with van der Waals surface area (Å²) < 4.78 is 15.3. The third-order valence-corrected chi connectivity index (χ3v) is 4.28. The molecular weight excluding hydrogens is 382 g/mol.